The smallest absolute Gasteiger partial charge is 0.0110 e. The van der Waals surface area contributed by atoms with Crippen molar-refractivity contribution in [3.8, 4) is 0 Å². The van der Waals surface area contributed by atoms with Crippen LogP contribution in [0.4, 0.5) is 0 Å². The van der Waals surface area contributed by atoms with Crippen LogP contribution in [0.3, 0.4) is 0 Å². The second-order valence-electron chi connectivity index (χ2n) is 6.76. The zero-order valence-electron chi connectivity index (χ0n) is 13.0. The van der Waals surface area contributed by atoms with Gasteiger partial charge in [-0.15, -0.1) is 0 Å². The van der Waals surface area contributed by atoms with Gasteiger partial charge in [-0.2, -0.15) is 0 Å². The van der Waals surface area contributed by atoms with E-state index in [1.807, 2.05) is 0 Å². The summed E-state index contributed by atoms with van der Waals surface area (Å²) in [6.07, 6.45) is 7.40. The van der Waals surface area contributed by atoms with Crippen molar-refractivity contribution in [3.05, 3.63) is 0 Å². The molecule has 1 aliphatic carbocycles. The third kappa shape index (κ3) is 5.80. The Kier molecular flexibility index (Phi) is 6.62. The second kappa shape index (κ2) is 8.23. The molecule has 0 aromatic heterocycles. The van der Waals surface area contributed by atoms with Gasteiger partial charge in [0.05, 0.1) is 0 Å². The number of hydrogen-bond acceptors (Lipinski definition) is 3. The lowest BCUT2D eigenvalue weighted by molar-refractivity contribution is 0.110. The van der Waals surface area contributed by atoms with E-state index in [2.05, 4.69) is 29.0 Å². The van der Waals surface area contributed by atoms with Crippen LogP contribution in [0.1, 0.15) is 46.0 Å². The fourth-order valence-corrected chi connectivity index (χ4v) is 3.44. The number of nitrogens with one attached hydrogen (secondary N) is 1. The number of nitrogens with zero attached hydrogens (tertiary/aromatic N) is 2. The molecular formula is C16H33N3. The van der Waals surface area contributed by atoms with Gasteiger partial charge in [-0.25, -0.2) is 0 Å². The summed E-state index contributed by atoms with van der Waals surface area (Å²) in [7, 11) is 0. The molecule has 1 heterocycles. The molecule has 112 valence electrons. The van der Waals surface area contributed by atoms with Crippen molar-refractivity contribution in [1.29, 1.82) is 0 Å². The van der Waals surface area contributed by atoms with E-state index < -0.39 is 0 Å². The van der Waals surface area contributed by atoms with Gasteiger partial charge in [-0.05, 0) is 18.8 Å². The van der Waals surface area contributed by atoms with Crippen molar-refractivity contribution < 1.29 is 0 Å². The fraction of sp³-hybridized carbons (Fsp3) is 1.00. The van der Waals surface area contributed by atoms with Crippen molar-refractivity contribution >= 4 is 0 Å². The van der Waals surface area contributed by atoms with E-state index in [1.165, 1.54) is 71.4 Å². The van der Waals surface area contributed by atoms with Crippen LogP contribution >= 0.6 is 0 Å². The fourth-order valence-electron chi connectivity index (χ4n) is 3.44. The first-order chi connectivity index (χ1) is 9.24. The Hall–Kier alpha value is -0.120. The predicted molar refractivity (Wildman–Crippen MR) is 82.6 cm³/mol. The van der Waals surface area contributed by atoms with Gasteiger partial charge < -0.3 is 10.2 Å². The first-order valence-corrected chi connectivity index (χ1v) is 8.42. The minimum absolute atomic E-state index is 0.618. The van der Waals surface area contributed by atoms with Crippen molar-refractivity contribution in [2.24, 2.45) is 5.92 Å². The third-order valence-corrected chi connectivity index (χ3v) is 4.69. The number of hydrogen-bond donors (Lipinski definition) is 1. The molecule has 1 aliphatic heterocycles. The van der Waals surface area contributed by atoms with Gasteiger partial charge >= 0.3 is 0 Å². The van der Waals surface area contributed by atoms with Crippen LogP contribution in [-0.2, 0) is 0 Å². The van der Waals surface area contributed by atoms with Crippen LogP contribution in [-0.4, -0.2) is 61.7 Å². The molecule has 1 N–H and O–H groups in total. The lowest BCUT2D eigenvalue weighted by Gasteiger charge is -2.37. The first kappa shape index (κ1) is 15.3. The molecule has 0 aromatic rings. The maximum Gasteiger partial charge on any atom is 0.0110 e. The lowest BCUT2D eigenvalue weighted by atomic mass is 9.89. The molecule has 0 bridgehead atoms. The van der Waals surface area contributed by atoms with E-state index in [0.717, 1.165) is 12.5 Å². The Bertz CT molecular complexity index is 228. The summed E-state index contributed by atoms with van der Waals surface area (Å²) in [6, 6.07) is 0.618. The summed E-state index contributed by atoms with van der Waals surface area (Å²) in [5.41, 5.74) is 0. The van der Waals surface area contributed by atoms with E-state index in [4.69, 9.17) is 0 Å². The quantitative estimate of drug-likeness (QED) is 0.796. The van der Waals surface area contributed by atoms with Crippen molar-refractivity contribution in [2.75, 3.05) is 45.8 Å². The summed E-state index contributed by atoms with van der Waals surface area (Å²) in [5, 5.41) is 3.51. The number of rotatable bonds is 6. The standard InChI is InChI=1S/C16H33N3/c1-15(2)17-8-9-18-10-12-19(13-11-18)14-16-6-4-3-5-7-16/h15-17H,3-14H2,1-2H3. The van der Waals surface area contributed by atoms with Crippen LogP contribution in [0.15, 0.2) is 0 Å². The molecule has 0 unspecified atom stereocenters. The van der Waals surface area contributed by atoms with Crippen LogP contribution in [0.2, 0.25) is 0 Å². The maximum absolute atomic E-state index is 3.51. The van der Waals surface area contributed by atoms with Crippen molar-refractivity contribution in [1.82, 2.24) is 15.1 Å². The SMILES string of the molecule is CC(C)NCCN1CCN(CC2CCCCC2)CC1. The van der Waals surface area contributed by atoms with E-state index in [1.54, 1.807) is 0 Å². The zero-order valence-corrected chi connectivity index (χ0v) is 13.0. The van der Waals surface area contributed by atoms with Gasteiger partial charge in [0.25, 0.3) is 0 Å². The van der Waals surface area contributed by atoms with Crippen LogP contribution in [0.5, 0.6) is 0 Å². The summed E-state index contributed by atoms with van der Waals surface area (Å²) in [6.45, 7) is 13.3. The molecule has 2 aliphatic rings. The molecule has 0 atom stereocenters. The van der Waals surface area contributed by atoms with E-state index in [9.17, 15) is 0 Å². The maximum atomic E-state index is 3.51. The highest BCUT2D eigenvalue weighted by Crippen LogP contribution is 2.24. The number of piperazine rings is 1. The average Bonchev–Trinajstić information content (AvgIpc) is 2.42. The Morgan fingerprint density at radius 1 is 0.947 bits per heavy atom. The molecule has 0 spiro atoms. The molecule has 3 heteroatoms. The summed E-state index contributed by atoms with van der Waals surface area (Å²) < 4.78 is 0. The van der Waals surface area contributed by atoms with Crippen LogP contribution in [0, 0.1) is 5.92 Å². The highest BCUT2D eigenvalue weighted by molar-refractivity contribution is 4.76. The monoisotopic (exact) mass is 267 g/mol. The molecule has 19 heavy (non-hydrogen) atoms. The minimum atomic E-state index is 0.618. The van der Waals surface area contributed by atoms with Gasteiger partial charge in [-0.3, -0.25) is 4.90 Å². The van der Waals surface area contributed by atoms with E-state index in [0.29, 0.717) is 6.04 Å². The van der Waals surface area contributed by atoms with Crippen LogP contribution < -0.4 is 5.32 Å². The molecule has 0 amide bonds. The van der Waals surface area contributed by atoms with Gasteiger partial charge in [0.2, 0.25) is 0 Å². The molecular weight excluding hydrogens is 234 g/mol. The molecule has 3 nitrogen and oxygen atoms in total. The lowest BCUT2D eigenvalue weighted by Crippen LogP contribution is -2.49. The summed E-state index contributed by atoms with van der Waals surface area (Å²) in [4.78, 5) is 5.33. The van der Waals surface area contributed by atoms with E-state index in [-0.39, 0.29) is 0 Å². The molecule has 1 saturated carbocycles. The Balaban J connectivity index is 1.56. The van der Waals surface area contributed by atoms with Gasteiger partial charge in [0, 0.05) is 51.9 Å². The minimum Gasteiger partial charge on any atom is -0.313 e. The first-order valence-electron chi connectivity index (χ1n) is 8.42. The largest absolute Gasteiger partial charge is 0.313 e. The van der Waals surface area contributed by atoms with Crippen molar-refractivity contribution in [3.63, 3.8) is 0 Å². The van der Waals surface area contributed by atoms with Crippen molar-refractivity contribution in [2.45, 2.75) is 52.0 Å². The van der Waals surface area contributed by atoms with Gasteiger partial charge in [-0.1, -0.05) is 33.1 Å². The van der Waals surface area contributed by atoms with Crippen LogP contribution in [0.25, 0.3) is 0 Å². The predicted octanol–water partition coefficient (Wildman–Crippen LogP) is 2.18. The molecule has 2 fully saturated rings. The molecule has 1 saturated heterocycles. The Morgan fingerprint density at radius 3 is 2.21 bits per heavy atom. The summed E-state index contributed by atoms with van der Waals surface area (Å²) >= 11 is 0. The van der Waals surface area contributed by atoms with Gasteiger partial charge in [0.15, 0.2) is 0 Å². The molecule has 2 rings (SSSR count). The summed E-state index contributed by atoms with van der Waals surface area (Å²) in [5.74, 6) is 1.00. The highest BCUT2D eigenvalue weighted by atomic mass is 15.3. The van der Waals surface area contributed by atoms with E-state index >= 15 is 0 Å². The topological polar surface area (TPSA) is 18.5 Å². The molecule has 0 radical (unpaired) electrons. The Morgan fingerprint density at radius 2 is 1.58 bits per heavy atom. The zero-order chi connectivity index (χ0) is 13.5. The highest BCUT2D eigenvalue weighted by Gasteiger charge is 2.21. The normalized spacial score (nSPS) is 24.2. The third-order valence-electron chi connectivity index (χ3n) is 4.69. The second-order valence-corrected chi connectivity index (χ2v) is 6.76. The molecule has 0 aromatic carbocycles. The Labute approximate surface area is 119 Å². The average molecular weight is 267 g/mol. The van der Waals surface area contributed by atoms with Gasteiger partial charge in [0.1, 0.15) is 0 Å².